The van der Waals surface area contributed by atoms with Crippen molar-refractivity contribution in [1.82, 2.24) is 20.2 Å². The first kappa shape index (κ1) is 16.0. The van der Waals surface area contributed by atoms with Crippen LogP contribution in [0.2, 0.25) is 0 Å². The van der Waals surface area contributed by atoms with Crippen LogP contribution in [-0.4, -0.2) is 41.6 Å². The second-order valence-corrected chi connectivity index (χ2v) is 6.23. The van der Waals surface area contributed by atoms with E-state index < -0.39 is 0 Å². The van der Waals surface area contributed by atoms with E-state index >= 15 is 0 Å². The van der Waals surface area contributed by atoms with Crippen LogP contribution in [0.3, 0.4) is 0 Å². The third kappa shape index (κ3) is 4.81. The van der Waals surface area contributed by atoms with E-state index in [1.165, 1.54) is 31.5 Å². The van der Waals surface area contributed by atoms with Gasteiger partial charge in [-0.3, -0.25) is 4.90 Å². The molecule has 0 bridgehead atoms. The van der Waals surface area contributed by atoms with Gasteiger partial charge in [0.25, 0.3) is 0 Å². The van der Waals surface area contributed by atoms with Crippen LogP contribution >= 0.6 is 0 Å². The molecule has 23 heavy (non-hydrogen) atoms. The average molecular weight is 314 g/mol. The fraction of sp³-hybridized carbons (Fsp3) is 0.500. The van der Waals surface area contributed by atoms with Gasteiger partial charge in [0.05, 0.1) is 13.7 Å². The van der Waals surface area contributed by atoms with E-state index in [1.807, 2.05) is 18.3 Å². The number of nitrogens with one attached hydrogen (secondary N) is 2. The zero-order chi connectivity index (χ0) is 15.9. The number of imidazole rings is 1. The summed E-state index contributed by atoms with van der Waals surface area (Å²) in [6.45, 7) is 5.31. The van der Waals surface area contributed by atoms with Gasteiger partial charge >= 0.3 is 0 Å². The van der Waals surface area contributed by atoms with Gasteiger partial charge in [-0.15, -0.1) is 0 Å². The van der Waals surface area contributed by atoms with Crippen molar-refractivity contribution in [2.75, 3.05) is 26.7 Å². The van der Waals surface area contributed by atoms with E-state index in [0.717, 1.165) is 37.1 Å². The molecule has 1 fully saturated rings. The molecule has 1 aliphatic heterocycles. The summed E-state index contributed by atoms with van der Waals surface area (Å²) < 4.78 is 5.21. The molecule has 3 rings (SSSR count). The Morgan fingerprint density at radius 3 is 2.70 bits per heavy atom. The second kappa shape index (κ2) is 8.13. The predicted octanol–water partition coefficient (Wildman–Crippen LogP) is 2.42. The average Bonchev–Trinajstić information content (AvgIpc) is 3.11. The second-order valence-electron chi connectivity index (χ2n) is 6.23. The minimum atomic E-state index is 0.775. The van der Waals surface area contributed by atoms with Gasteiger partial charge in [0.2, 0.25) is 0 Å². The number of aromatic amines is 1. The number of aromatic nitrogens is 2. The van der Waals surface area contributed by atoms with Gasteiger partial charge in [-0.1, -0.05) is 12.1 Å². The maximum absolute atomic E-state index is 5.21. The Morgan fingerprint density at radius 1 is 1.26 bits per heavy atom. The van der Waals surface area contributed by atoms with Gasteiger partial charge in [0.1, 0.15) is 11.6 Å². The van der Waals surface area contributed by atoms with E-state index in [1.54, 1.807) is 13.3 Å². The normalized spacial score (nSPS) is 16.6. The molecule has 0 spiro atoms. The molecule has 2 aromatic rings. The fourth-order valence-electron chi connectivity index (χ4n) is 3.13. The van der Waals surface area contributed by atoms with Crippen LogP contribution in [0, 0.1) is 5.92 Å². The highest BCUT2D eigenvalue weighted by atomic mass is 16.5. The minimum Gasteiger partial charge on any atom is -0.497 e. The molecular weight excluding hydrogens is 288 g/mol. The van der Waals surface area contributed by atoms with Crippen molar-refractivity contribution in [2.45, 2.75) is 25.9 Å². The molecule has 5 nitrogen and oxygen atoms in total. The van der Waals surface area contributed by atoms with Gasteiger partial charge in [-0.05, 0) is 56.1 Å². The van der Waals surface area contributed by atoms with E-state index in [4.69, 9.17) is 4.74 Å². The summed E-state index contributed by atoms with van der Waals surface area (Å²) in [6.07, 6.45) is 6.20. The maximum atomic E-state index is 5.21. The molecule has 5 heteroatoms. The first-order valence-corrected chi connectivity index (χ1v) is 8.38. The van der Waals surface area contributed by atoms with Crippen molar-refractivity contribution in [3.8, 4) is 5.75 Å². The van der Waals surface area contributed by atoms with Crippen LogP contribution in [0.15, 0.2) is 36.7 Å². The Labute approximate surface area is 138 Å². The molecule has 1 aliphatic rings. The molecule has 1 saturated heterocycles. The molecule has 2 heterocycles. The summed E-state index contributed by atoms with van der Waals surface area (Å²) >= 11 is 0. The molecule has 2 N–H and O–H groups in total. The zero-order valence-corrected chi connectivity index (χ0v) is 13.8. The Balaban J connectivity index is 1.36. The SMILES string of the molecule is COc1ccc(CN2CCC(CNCc3ncc[nH]3)CC2)cc1. The van der Waals surface area contributed by atoms with Crippen LogP contribution in [-0.2, 0) is 13.1 Å². The van der Waals surface area contributed by atoms with Crippen molar-refractivity contribution in [3.63, 3.8) is 0 Å². The molecule has 0 amide bonds. The Bertz CT molecular complexity index is 559. The minimum absolute atomic E-state index is 0.775. The highest BCUT2D eigenvalue weighted by Gasteiger charge is 2.19. The lowest BCUT2D eigenvalue weighted by atomic mass is 9.96. The maximum Gasteiger partial charge on any atom is 0.120 e. The van der Waals surface area contributed by atoms with Crippen LogP contribution in [0.1, 0.15) is 24.2 Å². The third-order valence-electron chi connectivity index (χ3n) is 4.55. The molecule has 124 valence electrons. The lowest BCUT2D eigenvalue weighted by Crippen LogP contribution is -2.36. The Hall–Kier alpha value is -1.85. The topological polar surface area (TPSA) is 53.2 Å². The first-order valence-electron chi connectivity index (χ1n) is 8.38. The smallest absolute Gasteiger partial charge is 0.120 e. The zero-order valence-electron chi connectivity index (χ0n) is 13.8. The monoisotopic (exact) mass is 314 g/mol. The summed E-state index contributed by atoms with van der Waals surface area (Å²) in [5, 5.41) is 3.51. The number of likely N-dealkylation sites (tertiary alicyclic amines) is 1. The summed E-state index contributed by atoms with van der Waals surface area (Å²) in [5.41, 5.74) is 1.36. The largest absolute Gasteiger partial charge is 0.497 e. The van der Waals surface area contributed by atoms with Gasteiger partial charge in [-0.2, -0.15) is 0 Å². The quantitative estimate of drug-likeness (QED) is 0.824. The number of nitrogens with zero attached hydrogens (tertiary/aromatic N) is 2. The van der Waals surface area contributed by atoms with E-state index in [9.17, 15) is 0 Å². The molecule has 0 aliphatic carbocycles. The van der Waals surface area contributed by atoms with Crippen molar-refractivity contribution in [1.29, 1.82) is 0 Å². The Morgan fingerprint density at radius 2 is 2.04 bits per heavy atom. The summed E-state index contributed by atoms with van der Waals surface area (Å²) in [4.78, 5) is 9.91. The molecular formula is C18H26N4O. The number of rotatable bonds is 7. The van der Waals surface area contributed by atoms with Crippen molar-refractivity contribution in [2.24, 2.45) is 5.92 Å². The fourth-order valence-corrected chi connectivity index (χ4v) is 3.13. The standard InChI is InChI=1S/C18H26N4O/c1-23-17-4-2-16(3-5-17)14-22-10-6-15(7-11-22)12-19-13-18-20-8-9-21-18/h2-5,8-9,15,19H,6-7,10-14H2,1H3,(H,20,21). The number of methoxy groups -OCH3 is 1. The van der Waals surface area contributed by atoms with Crippen LogP contribution in [0.25, 0.3) is 0 Å². The molecule has 0 atom stereocenters. The van der Waals surface area contributed by atoms with E-state index in [-0.39, 0.29) is 0 Å². The number of benzene rings is 1. The number of H-pyrrole nitrogens is 1. The Kier molecular flexibility index (Phi) is 5.66. The van der Waals surface area contributed by atoms with E-state index in [0.29, 0.717) is 0 Å². The molecule has 1 aromatic heterocycles. The van der Waals surface area contributed by atoms with Crippen LogP contribution < -0.4 is 10.1 Å². The first-order chi connectivity index (χ1) is 11.3. The molecule has 0 radical (unpaired) electrons. The van der Waals surface area contributed by atoms with Crippen molar-refractivity contribution < 1.29 is 4.74 Å². The molecule has 1 aromatic carbocycles. The van der Waals surface area contributed by atoms with Gasteiger partial charge in [0.15, 0.2) is 0 Å². The van der Waals surface area contributed by atoms with Crippen LogP contribution in [0.5, 0.6) is 5.75 Å². The van der Waals surface area contributed by atoms with Gasteiger partial charge in [-0.25, -0.2) is 4.98 Å². The van der Waals surface area contributed by atoms with E-state index in [2.05, 4.69) is 32.3 Å². The predicted molar refractivity (Wildman–Crippen MR) is 91.3 cm³/mol. The number of piperidine rings is 1. The lowest BCUT2D eigenvalue weighted by molar-refractivity contribution is 0.175. The lowest BCUT2D eigenvalue weighted by Gasteiger charge is -2.32. The summed E-state index contributed by atoms with van der Waals surface area (Å²) in [6, 6.07) is 8.41. The molecule has 0 unspecified atom stereocenters. The highest BCUT2D eigenvalue weighted by Crippen LogP contribution is 2.19. The summed E-state index contributed by atoms with van der Waals surface area (Å²) in [7, 11) is 1.71. The summed E-state index contributed by atoms with van der Waals surface area (Å²) in [5.74, 6) is 2.72. The van der Waals surface area contributed by atoms with Crippen molar-refractivity contribution >= 4 is 0 Å². The number of hydrogen-bond acceptors (Lipinski definition) is 4. The third-order valence-corrected chi connectivity index (χ3v) is 4.55. The highest BCUT2D eigenvalue weighted by molar-refractivity contribution is 5.27. The van der Waals surface area contributed by atoms with Gasteiger partial charge in [0, 0.05) is 18.9 Å². The number of ether oxygens (including phenoxy) is 1. The van der Waals surface area contributed by atoms with Gasteiger partial charge < -0.3 is 15.0 Å². The van der Waals surface area contributed by atoms with Crippen LogP contribution in [0.4, 0.5) is 0 Å². The number of hydrogen-bond donors (Lipinski definition) is 2. The van der Waals surface area contributed by atoms with Crippen molar-refractivity contribution in [3.05, 3.63) is 48.0 Å². The molecule has 0 saturated carbocycles.